The molecule has 6 nitrogen and oxygen atoms in total. The van der Waals surface area contributed by atoms with Gasteiger partial charge >= 0.3 is 0 Å². The van der Waals surface area contributed by atoms with Crippen LogP contribution in [0, 0.1) is 0 Å². The van der Waals surface area contributed by atoms with Gasteiger partial charge in [0, 0.05) is 0 Å². The van der Waals surface area contributed by atoms with Crippen LogP contribution < -0.4 is 0 Å². The van der Waals surface area contributed by atoms with E-state index in [0.717, 1.165) is 11.1 Å². The lowest BCUT2D eigenvalue weighted by atomic mass is 9.83. The summed E-state index contributed by atoms with van der Waals surface area (Å²) in [6.45, 7) is 2.40. The average molecular weight is 386 g/mol. The maximum absolute atomic E-state index is 10.9. The quantitative estimate of drug-likeness (QED) is 0.791. The molecule has 2 N–H and O–H groups in total. The van der Waals surface area contributed by atoms with Crippen molar-refractivity contribution in [2.24, 2.45) is 0 Å². The van der Waals surface area contributed by atoms with Gasteiger partial charge in [-0.3, -0.25) is 0 Å². The molecule has 0 spiro atoms. The van der Waals surface area contributed by atoms with Crippen molar-refractivity contribution >= 4 is 0 Å². The summed E-state index contributed by atoms with van der Waals surface area (Å²) in [7, 11) is 0. The minimum atomic E-state index is -1.03. The molecule has 1 aliphatic heterocycles. The van der Waals surface area contributed by atoms with Crippen LogP contribution in [0.3, 0.4) is 0 Å². The molecule has 0 amide bonds. The minimum Gasteiger partial charge on any atom is -0.387 e. The summed E-state index contributed by atoms with van der Waals surface area (Å²) in [4.78, 5) is 0. The SMILES string of the molecule is C[C@H]1O[C@@H]2[C@@H](O)[C@H](O1)[C@H](OCc1ccccc1)[C@H](OCc1ccccc1)[C@H]2O. The van der Waals surface area contributed by atoms with Crippen LogP contribution in [-0.2, 0) is 32.2 Å². The van der Waals surface area contributed by atoms with E-state index in [1.54, 1.807) is 6.92 Å². The van der Waals surface area contributed by atoms with E-state index in [-0.39, 0.29) is 0 Å². The van der Waals surface area contributed by atoms with Gasteiger partial charge in [0.1, 0.15) is 36.6 Å². The molecular weight excluding hydrogens is 360 g/mol. The fourth-order valence-corrected chi connectivity index (χ4v) is 3.86. The van der Waals surface area contributed by atoms with Crippen molar-refractivity contribution in [3.8, 4) is 0 Å². The zero-order chi connectivity index (χ0) is 19.5. The Morgan fingerprint density at radius 2 is 1.21 bits per heavy atom. The molecule has 1 heterocycles. The number of hydrogen-bond donors (Lipinski definition) is 2. The van der Waals surface area contributed by atoms with Gasteiger partial charge in [-0.25, -0.2) is 0 Å². The number of aliphatic hydroxyl groups is 2. The van der Waals surface area contributed by atoms with Gasteiger partial charge in [0.05, 0.1) is 13.2 Å². The maximum Gasteiger partial charge on any atom is 0.156 e. The largest absolute Gasteiger partial charge is 0.387 e. The highest BCUT2D eigenvalue weighted by atomic mass is 16.7. The van der Waals surface area contributed by atoms with E-state index in [0.29, 0.717) is 13.2 Å². The van der Waals surface area contributed by atoms with Gasteiger partial charge < -0.3 is 29.2 Å². The van der Waals surface area contributed by atoms with Crippen LogP contribution >= 0.6 is 0 Å². The van der Waals surface area contributed by atoms with Gasteiger partial charge in [-0.2, -0.15) is 0 Å². The predicted octanol–water partition coefficient (Wildman–Crippen LogP) is 2.02. The molecule has 150 valence electrons. The molecule has 2 fully saturated rings. The van der Waals surface area contributed by atoms with Gasteiger partial charge in [-0.1, -0.05) is 60.7 Å². The maximum atomic E-state index is 10.9. The lowest BCUT2D eigenvalue weighted by Gasteiger charge is -2.51. The van der Waals surface area contributed by atoms with Crippen molar-refractivity contribution in [2.45, 2.75) is 63.1 Å². The van der Waals surface area contributed by atoms with Crippen LogP contribution in [0.4, 0.5) is 0 Å². The second-order valence-electron chi connectivity index (χ2n) is 7.27. The molecule has 0 aromatic heterocycles. The molecule has 4 rings (SSSR count). The Balaban J connectivity index is 1.53. The fourth-order valence-electron chi connectivity index (χ4n) is 3.86. The summed E-state index contributed by atoms with van der Waals surface area (Å²) in [5.41, 5.74) is 1.98. The molecule has 1 saturated heterocycles. The average Bonchev–Trinajstić information content (AvgIpc) is 2.72. The highest BCUT2D eigenvalue weighted by Crippen LogP contribution is 2.35. The van der Waals surface area contributed by atoms with Crippen LogP contribution in [0.15, 0.2) is 60.7 Å². The van der Waals surface area contributed by atoms with Crippen molar-refractivity contribution < 1.29 is 29.2 Å². The molecule has 28 heavy (non-hydrogen) atoms. The first-order valence-electron chi connectivity index (χ1n) is 9.61. The van der Waals surface area contributed by atoms with Crippen LogP contribution in [0.25, 0.3) is 0 Å². The Morgan fingerprint density at radius 3 is 1.79 bits per heavy atom. The second kappa shape index (κ2) is 8.69. The Morgan fingerprint density at radius 1 is 0.714 bits per heavy atom. The molecule has 1 saturated carbocycles. The van der Waals surface area contributed by atoms with Crippen LogP contribution in [0.5, 0.6) is 0 Å². The number of fused-ring (bicyclic) bond motifs is 2. The van der Waals surface area contributed by atoms with E-state index in [1.165, 1.54) is 0 Å². The summed E-state index contributed by atoms with van der Waals surface area (Å²) < 4.78 is 23.6. The van der Waals surface area contributed by atoms with Gasteiger partial charge in [0.25, 0.3) is 0 Å². The van der Waals surface area contributed by atoms with E-state index in [2.05, 4.69) is 0 Å². The zero-order valence-electron chi connectivity index (χ0n) is 15.8. The third-order valence-electron chi connectivity index (χ3n) is 5.26. The summed E-state index contributed by atoms with van der Waals surface area (Å²) in [5, 5.41) is 21.5. The van der Waals surface area contributed by atoms with Crippen molar-refractivity contribution in [3.05, 3.63) is 71.8 Å². The fraction of sp³-hybridized carbons (Fsp3) is 0.455. The standard InChI is InChI=1S/C22H26O6/c1-14-27-19-17(23)20(25-12-15-8-4-2-5-9-15)22(21(28-14)18(19)24)26-13-16-10-6-3-7-11-16/h2-11,14,17-24H,12-13H2,1H3/t14-,17-,18+,19-,20+,21-,22+/m0/s1. The summed E-state index contributed by atoms with van der Waals surface area (Å²) in [5.74, 6) is 0. The van der Waals surface area contributed by atoms with Gasteiger partial charge in [0.15, 0.2) is 6.29 Å². The van der Waals surface area contributed by atoms with E-state index >= 15 is 0 Å². The molecule has 0 unspecified atom stereocenters. The molecule has 2 aromatic rings. The lowest BCUT2D eigenvalue weighted by Crippen LogP contribution is -2.69. The second-order valence-corrected chi connectivity index (χ2v) is 7.27. The van der Waals surface area contributed by atoms with Crippen LogP contribution in [-0.4, -0.2) is 53.1 Å². The van der Waals surface area contributed by atoms with E-state index < -0.39 is 42.9 Å². The highest BCUT2D eigenvalue weighted by molar-refractivity contribution is 5.15. The van der Waals surface area contributed by atoms with Gasteiger partial charge in [-0.15, -0.1) is 0 Å². The Hall–Kier alpha value is -1.80. The summed E-state index contributed by atoms with van der Waals surface area (Å²) in [6, 6.07) is 19.5. The number of benzene rings is 2. The highest BCUT2D eigenvalue weighted by Gasteiger charge is 2.56. The first kappa shape index (κ1) is 19.5. The normalized spacial score (nSPS) is 34.9. The first-order chi connectivity index (χ1) is 13.6. The number of ether oxygens (including phenoxy) is 4. The molecule has 1 aliphatic carbocycles. The van der Waals surface area contributed by atoms with E-state index in [4.69, 9.17) is 18.9 Å². The van der Waals surface area contributed by atoms with Crippen molar-refractivity contribution in [1.29, 1.82) is 0 Å². The Bertz CT molecular complexity index is 739. The minimum absolute atomic E-state index is 0.318. The van der Waals surface area contributed by atoms with E-state index in [1.807, 2.05) is 60.7 Å². The molecule has 7 atom stereocenters. The third-order valence-corrected chi connectivity index (χ3v) is 5.26. The van der Waals surface area contributed by atoms with Crippen molar-refractivity contribution in [3.63, 3.8) is 0 Å². The third kappa shape index (κ3) is 4.12. The molecule has 2 aliphatic rings. The summed E-state index contributed by atoms with van der Waals surface area (Å²) in [6.07, 6.45) is -5.27. The number of aliphatic hydroxyl groups excluding tert-OH is 2. The lowest BCUT2D eigenvalue weighted by molar-refractivity contribution is -0.357. The Labute approximate surface area is 164 Å². The molecular formula is C22H26O6. The number of hydrogen-bond acceptors (Lipinski definition) is 6. The molecule has 6 heteroatoms. The molecule has 2 bridgehead atoms. The van der Waals surface area contributed by atoms with Gasteiger partial charge in [0.2, 0.25) is 0 Å². The Kier molecular flexibility index (Phi) is 6.06. The summed E-state index contributed by atoms with van der Waals surface area (Å²) >= 11 is 0. The number of rotatable bonds is 6. The first-order valence-corrected chi connectivity index (χ1v) is 9.61. The molecule has 2 aromatic carbocycles. The van der Waals surface area contributed by atoms with Crippen molar-refractivity contribution in [1.82, 2.24) is 0 Å². The molecule has 0 radical (unpaired) electrons. The van der Waals surface area contributed by atoms with Gasteiger partial charge in [-0.05, 0) is 18.1 Å². The van der Waals surface area contributed by atoms with Crippen LogP contribution in [0.2, 0.25) is 0 Å². The zero-order valence-corrected chi connectivity index (χ0v) is 15.8. The predicted molar refractivity (Wildman–Crippen MR) is 101 cm³/mol. The topological polar surface area (TPSA) is 77.4 Å². The monoisotopic (exact) mass is 386 g/mol. The van der Waals surface area contributed by atoms with Crippen molar-refractivity contribution in [2.75, 3.05) is 0 Å². The van der Waals surface area contributed by atoms with E-state index in [9.17, 15) is 10.2 Å². The smallest absolute Gasteiger partial charge is 0.156 e. The van der Waals surface area contributed by atoms with Crippen LogP contribution in [0.1, 0.15) is 18.1 Å².